The zero-order valence-corrected chi connectivity index (χ0v) is 11.5. The van der Waals surface area contributed by atoms with Crippen LogP contribution >= 0.6 is 0 Å². The first-order valence-electron chi connectivity index (χ1n) is 5.60. The molecule has 0 aliphatic carbocycles. The van der Waals surface area contributed by atoms with Crippen LogP contribution in [-0.2, 0) is 14.8 Å². The molecule has 0 unspecified atom stereocenters. The van der Waals surface area contributed by atoms with Crippen molar-refractivity contribution in [3.8, 4) is 0 Å². The van der Waals surface area contributed by atoms with Crippen molar-refractivity contribution in [1.82, 2.24) is 5.32 Å². The number of carboxylic acids is 1. The Morgan fingerprint density at radius 3 is 2.45 bits per heavy atom. The number of carbonyl (C=O) groups is 2. The molecule has 0 radical (unpaired) electrons. The van der Waals surface area contributed by atoms with Gasteiger partial charge in [0, 0.05) is 25.7 Å². The first-order valence-corrected chi connectivity index (χ1v) is 7.15. The van der Waals surface area contributed by atoms with Crippen molar-refractivity contribution in [3.63, 3.8) is 0 Å². The SMILES string of the molecule is CC(=O)NCCNc1ccc(S(N)(=O)=O)cc1C(=O)O. The van der Waals surface area contributed by atoms with E-state index in [0.717, 1.165) is 6.07 Å². The fraction of sp³-hybridized carbons (Fsp3) is 0.273. The van der Waals surface area contributed by atoms with E-state index in [9.17, 15) is 18.0 Å². The quantitative estimate of drug-likeness (QED) is 0.526. The van der Waals surface area contributed by atoms with E-state index in [-0.39, 0.29) is 22.1 Å². The molecule has 1 aromatic rings. The Balaban J connectivity index is 2.91. The van der Waals surface area contributed by atoms with Gasteiger partial charge in [0.15, 0.2) is 0 Å². The number of hydrogen-bond donors (Lipinski definition) is 4. The molecule has 110 valence electrons. The number of nitrogens with two attached hydrogens (primary N) is 1. The van der Waals surface area contributed by atoms with E-state index in [0.29, 0.717) is 13.1 Å². The summed E-state index contributed by atoms with van der Waals surface area (Å²) in [5.41, 5.74) is 0.0367. The van der Waals surface area contributed by atoms with Crippen molar-refractivity contribution in [2.24, 2.45) is 5.14 Å². The summed E-state index contributed by atoms with van der Waals surface area (Å²) >= 11 is 0. The van der Waals surface area contributed by atoms with Gasteiger partial charge in [0.1, 0.15) is 0 Å². The average Bonchev–Trinajstić information content (AvgIpc) is 2.33. The predicted molar refractivity (Wildman–Crippen MR) is 71.9 cm³/mol. The molecule has 0 fully saturated rings. The Morgan fingerprint density at radius 1 is 1.30 bits per heavy atom. The normalized spacial score (nSPS) is 10.9. The Bertz CT molecular complexity index is 627. The largest absolute Gasteiger partial charge is 0.478 e. The molecular formula is C11H15N3O5S. The molecule has 1 rings (SSSR count). The van der Waals surface area contributed by atoms with Crippen molar-refractivity contribution < 1.29 is 23.1 Å². The lowest BCUT2D eigenvalue weighted by molar-refractivity contribution is -0.118. The van der Waals surface area contributed by atoms with Gasteiger partial charge >= 0.3 is 5.97 Å². The molecule has 0 aliphatic heterocycles. The van der Waals surface area contributed by atoms with Gasteiger partial charge in [0.05, 0.1) is 10.5 Å². The van der Waals surface area contributed by atoms with Crippen LogP contribution in [0.2, 0.25) is 0 Å². The molecule has 0 spiro atoms. The number of carboxylic acid groups (broad SMARTS) is 1. The first-order chi connectivity index (χ1) is 9.21. The lowest BCUT2D eigenvalue weighted by atomic mass is 10.2. The molecule has 5 N–H and O–H groups in total. The fourth-order valence-corrected chi connectivity index (χ4v) is 2.01. The highest BCUT2D eigenvalue weighted by Gasteiger charge is 2.15. The summed E-state index contributed by atoms with van der Waals surface area (Å²) < 4.78 is 22.3. The smallest absolute Gasteiger partial charge is 0.337 e. The number of amides is 1. The van der Waals surface area contributed by atoms with Gasteiger partial charge in [-0.3, -0.25) is 4.79 Å². The molecule has 1 amide bonds. The van der Waals surface area contributed by atoms with Crippen LogP contribution in [0.4, 0.5) is 5.69 Å². The van der Waals surface area contributed by atoms with Gasteiger partial charge in [-0.1, -0.05) is 0 Å². The van der Waals surface area contributed by atoms with Crippen molar-refractivity contribution in [3.05, 3.63) is 23.8 Å². The lowest BCUT2D eigenvalue weighted by Crippen LogP contribution is -2.26. The van der Waals surface area contributed by atoms with Crippen LogP contribution in [0, 0.1) is 0 Å². The summed E-state index contributed by atoms with van der Waals surface area (Å²) in [5, 5.41) is 19.3. The van der Waals surface area contributed by atoms with Gasteiger partial charge in [-0.25, -0.2) is 18.4 Å². The van der Waals surface area contributed by atoms with Gasteiger partial charge in [-0.05, 0) is 18.2 Å². The zero-order valence-electron chi connectivity index (χ0n) is 10.7. The number of nitrogens with one attached hydrogen (secondary N) is 2. The number of aromatic carboxylic acids is 1. The molecule has 0 bridgehead atoms. The van der Waals surface area contributed by atoms with E-state index in [4.69, 9.17) is 10.2 Å². The minimum absolute atomic E-state index is 0.199. The molecule has 0 heterocycles. The maximum absolute atomic E-state index is 11.2. The van der Waals surface area contributed by atoms with Crippen LogP contribution < -0.4 is 15.8 Å². The minimum atomic E-state index is -3.96. The van der Waals surface area contributed by atoms with Gasteiger partial charge in [-0.2, -0.15) is 0 Å². The van der Waals surface area contributed by atoms with Crippen LogP contribution in [0.25, 0.3) is 0 Å². The third-order valence-corrected chi connectivity index (χ3v) is 3.28. The average molecular weight is 301 g/mol. The fourth-order valence-electron chi connectivity index (χ4n) is 1.47. The van der Waals surface area contributed by atoms with Crippen LogP contribution in [-0.4, -0.2) is 38.5 Å². The van der Waals surface area contributed by atoms with Gasteiger partial charge in [-0.15, -0.1) is 0 Å². The number of rotatable bonds is 6. The van der Waals surface area contributed by atoms with Crippen LogP contribution in [0.15, 0.2) is 23.1 Å². The molecule has 0 aliphatic rings. The topological polar surface area (TPSA) is 139 Å². The monoisotopic (exact) mass is 301 g/mol. The Morgan fingerprint density at radius 2 is 1.95 bits per heavy atom. The second kappa shape index (κ2) is 6.35. The van der Waals surface area contributed by atoms with E-state index in [1.165, 1.54) is 19.1 Å². The summed E-state index contributed by atoms with van der Waals surface area (Å²) in [5.74, 6) is -1.48. The lowest BCUT2D eigenvalue weighted by Gasteiger charge is -2.11. The molecule has 8 nitrogen and oxygen atoms in total. The second-order valence-electron chi connectivity index (χ2n) is 3.97. The number of primary sulfonamides is 1. The number of carbonyl (C=O) groups excluding carboxylic acids is 1. The molecular weight excluding hydrogens is 286 g/mol. The highest BCUT2D eigenvalue weighted by atomic mass is 32.2. The summed E-state index contributed by atoms with van der Waals surface area (Å²) in [6.45, 7) is 1.98. The molecule has 0 aromatic heterocycles. The molecule has 1 aromatic carbocycles. The number of anilines is 1. The number of hydrogen-bond acceptors (Lipinski definition) is 5. The molecule has 20 heavy (non-hydrogen) atoms. The minimum Gasteiger partial charge on any atom is -0.478 e. The Hall–Kier alpha value is -2.13. The number of benzene rings is 1. The standard InChI is InChI=1S/C11H15N3O5S/c1-7(15)13-4-5-14-10-3-2-8(20(12,18)19)6-9(10)11(16)17/h2-3,6,14H,4-5H2,1H3,(H,13,15)(H,16,17)(H2,12,18,19). The first kappa shape index (κ1) is 15.9. The summed E-state index contributed by atoms with van der Waals surface area (Å²) in [6, 6.07) is 3.51. The van der Waals surface area contributed by atoms with Crippen LogP contribution in [0.3, 0.4) is 0 Å². The predicted octanol–water partition coefficient (Wildman–Crippen LogP) is -0.420. The number of sulfonamides is 1. The van der Waals surface area contributed by atoms with E-state index in [2.05, 4.69) is 10.6 Å². The maximum atomic E-state index is 11.2. The van der Waals surface area contributed by atoms with Crippen molar-refractivity contribution in [2.45, 2.75) is 11.8 Å². The van der Waals surface area contributed by atoms with E-state index >= 15 is 0 Å². The Kier molecular flexibility index (Phi) is 5.06. The third-order valence-electron chi connectivity index (χ3n) is 2.36. The summed E-state index contributed by atoms with van der Waals surface area (Å²) in [6.07, 6.45) is 0. The summed E-state index contributed by atoms with van der Waals surface area (Å²) in [7, 11) is -3.96. The molecule has 9 heteroatoms. The van der Waals surface area contributed by atoms with Crippen LogP contribution in [0.1, 0.15) is 17.3 Å². The van der Waals surface area contributed by atoms with Crippen molar-refractivity contribution in [1.29, 1.82) is 0 Å². The molecule has 0 atom stereocenters. The second-order valence-corrected chi connectivity index (χ2v) is 5.53. The van der Waals surface area contributed by atoms with Gasteiger partial charge < -0.3 is 15.7 Å². The van der Waals surface area contributed by atoms with E-state index in [1.54, 1.807) is 0 Å². The van der Waals surface area contributed by atoms with E-state index in [1.807, 2.05) is 0 Å². The third kappa shape index (κ3) is 4.52. The van der Waals surface area contributed by atoms with Crippen molar-refractivity contribution in [2.75, 3.05) is 18.4 Å². The van der Waals surface area contributed by atoms with Crippen LogP contribution in [0.5, 0.6) is 0 Å². The van der Waals surface area contributed by atoms with Gasteiger partial charge in [0.2, 0.25) is 15.9 Å². The maximum Gasteiger partial charge on any atom is 0.337 e. The van der Waals surface area contributed by atoms with E-state index < -0.39 is 16.0 Å². The highest BCUT2D eigenvalue weighted by Crippen LogP contribution is 2.19. The highest BCUT2D eigenvalue weighted by molar-refractivity contribution is 7.89. The van der Waals surface area contributed by atoms with Crippen molar-refractivity contribution >= 4 is 27.6 Å². The molecule has 0 saturated carbocycles. The van der Waals surface area contributed by atoms with Gasteiger partial charge in [0.25, 0.3) is 0 Å². The Labute approximate surface area is 116 Å². The zero-order chi connectivity index (χ0) is 15.3. The molecule has 0 saturated heterocycles. The summed E-state index contributed by atoms with van der Waals surface area (Å²) in [4.78, 5) is 21.5.